The molecule has 0 radical (unpaired) electrons. The number of hydrogen-bond donors (Lipinski definition) is 4. The van der Waals surface area contributed by atoms with Crippen molar-refractivity contribution in [3.8, 4) is 12.1 Å². The number of nitrogens with one attached hydrogen (secondary N) is 3. The highest BCUT2D eigenvalue weighted by atomic mass is 35.5. The molecule has 0 aliphatic carbocycles. The minimum atomic E-state index is -0.712. The van der Waals surface area contributed by atoms with Crippen LogP contribution in [0.2, 0.25) is 5.02 Å². The molecule has 1 aliphatic rings. The Morgan fingerprint density at radius 1 is 1.26 bits per heavy atom. The van der Waals surface area contributed by atoms with E-state index < -0.39 is 24.2 Å². The first-order valence-corrected chi connectivity index (χ1v) is 14.1. The summed E-state index contributed by atoms with van der Waals surface area (Å²) in [5.41, 5.74) is 7.30. The number of unbranched alkanes of at least 4 members (excludes halogenated alkanes) is 1. The van der Waals surface area contributed by atoms with Crippen LogP contribution >= 0.6 is 11.6 Å². The minimum Gasteiger partial charge on any atom is -0.458 e. The molecule has 1 saturated heterocycles. The molecule has 226 valence electrons. The molecule has 1 aromatic carbocycles. The highest BCUT2D eigenvalue weighted by Crippen LogP contribution is 2.37. The van der Waals surface area contributed by atoms with Gasteiger partial charge >= 0.3 is 12.1 Å². The number of methoxy groups -OCH3 is 1. The molecular weight excluding hydrogens is 578 g/mol. The third-order valence-electron chi connectivity index (χ3n) is 6.76. The van der Waals surface area contributed by atoms with E-state index in [0.717, 1.165) is 0 Å². The fourth-order valence-corrected chi connectivity index (χ4v) is 4.96. The largest absolute Gasteiger partial charge is 0.458 e. The van der Waals surface area contributed by atoms with Crippen LogP contribution in [0.3, 0.4) is 0 Å². The number of nitriles is 2. The van der Waals surface area contributed by atoms with Crippen molar-refractivity contribution in [2.45, 2.75) is 44.8 Å². The van der Waals surface area contributed by atoms with Crippen LogP contribution in [-0.4, -0.2) is 77.1 Å². The van der Waals surface area contributed by atoms with Gasteiger partial charge in [-0.2, -0.15) is 20.0 Å². The van der Waals surface area contributed by atoms with E-state index in [1.54, 1.807) is 12.1 Å². The predicted molar refractivity (Wildman–Crippen MR) is 158 cm³/mol. The number of halogens is 1. The monoisotopic (exact) mass is 609 g/mol. The first-order valence-electron chi connectivity index (χ1n) is 13.7. The topological polar surface area (TPSA) is 209 Å². The Hall–Kier alpha value is -4.86. The molecule has 3 heterocycles. The lowest BCUT2D eigenvalue weighted by Gasteiger charge is -2.39. The van der Waals surface area contributed by atoms with Crippen molar-refractivity contribution in [3.05, 3.63) is 34.6 Å². The van der Waals surface area contributed by atoms with Gasteiger partial charge in [0.15, 0.2) is 17.2 Å². The molecule has 2 unspecified atom stereocenters. The van der Waals surface area contributed by atoms with Crippen LogP contribution in [0.25, 0.3) is 5.65 Å². The van der Waals surface area contributed by atoms with E-state index in [9.17, 15) is 20.1 Å². The van der Waals surface area contributed by atoms with Gasteiger partial charge in [-0.15, -0.1) is 5.10 Å². The van der Waals surface area contributed by atoms with Gasteiger partial charge in [0.1, 0.15) is 12.2 Å². The summed E-state index contributed by atoms with van der Waals surface area (Å²) in [5, 5.41) is 32.9. The van der Waals surface area contributed by atoms with Gasteiger partial charge in [0.2, 0.25) is 5.95 Å². The Bertz CT molecular complexity index is 1560. The summed E-state index contributed by atoms with van der Waals surface area (Å²) in [5.74, 6) is 0.119. The molecule has 1 amide bonds. The molecule has 1 aliphatic heterocycles. The number of nitrogens with zero attached hydrogens (tertiary/aromatic N) is 7. The Labute approximate surface area is 252 Å². The maximum Gasteiger partial charge on any atom is 0.407 e. The number of hydrogen-bond acceptors (Lipinski definition) is 13. The zero-order chi connectivity index (χ0) is 30.9. The summed E-state index contributed by atoms with van der Waals surface area (Å²) in [6, 6.07) is 6.90. The first-order chi connectivity index (χ1) is 20.8. The molecule has 15 nitrogen and oxygen atoms in total. The van der Waals surface area contributed by atoms with E-state index in [2.05, 4.69) is 37.1 Å². The Kier molecular flexibility index (Phi) is 10.4. The zero-order valence-corrected chi connectivity index (χ0v) is 24.5. The van der Waals surface area contributed by atoms with Crippen LogP contribution in [0.4, 0.5) is 27.9 Å². The molecule has 0 saturated carbocycles. The highest BCUT2D eigenvalue weighted by molar-refractivity contribution is 6.36. The number of aromatic nitrogens is 4. The van der Waals surface area contributed by atoms with Gasteiger partial charge in [0, 0.05) is 19.5 Å². The molecule has 2 atom stereocenters. The van der Waals surface area contributed by atoms with Gasteiger partial charge < -0.3 is 36.1 Å². The molecule has 2 aromatic heterocycles. The molecule has 4 rings (SSSR count). The summed E-state index contributed by atoms with van der Waals surface area (Å²) in [7, 11) is 1.26. The lowest BCUT2D eigenvalue weighted by atomic mass is 10.00. The normalized spacial score (nSPS) is 16.2. The van der Waals surface area contributed by atoms with E-state index in [4.69, 9.17) is 26.8 Å². The molecule has 5 N–H and O–H groups in total. The van der Waals surface area contributed by atoms with Crippen LogP contribution < -0.4 is 26.6 Å². The molecule has 3 aromatic rings. The van der Waals surface area contributed by atoms with E-state index in [-0.39, 0.29) is 29.6 Å². The SMILES string of the molecule is CCNc1nc(Nc2cc(C#N)cc(N3CCC(NC(=O)OC)C(OC(=O)CCCCN)C3)c2Cl)nn2c(C#N)cnc12. The second kappa shape index (κ2) is 14.4. The maximum absolute atomic E-state index is 12.6. The van der Waals surface area contributed by atoms with E-state index in [1.807, 2.05) is 17.9 Å². The second-order valence-corrected chi connectivity index (χ2v) is 10.0. The number of nitrogens with two attached hydrogens (primary N) is 1. The Morgan fingerprint density at radius 3 is 2.77 bits per heavy atom. The third-order valence-corrected chi connectivity index (χ3v) is 7.15. The molecule has 43 heavy (non-hydrogen) atoms. The average molecular weight is 610 g/mol. The Morgan fingerprint density at radius 2 is 2.07 bits per heavy atom. The second-order valence-electron chi connectivity index (χ2n) is 9.65. The number of amides is 1. The summed E-state index contributed by atoms with van der Waals surface area (Å²) in [6.07, 6.45) is 1.93. The van der Waals surface area contributed by atoms with Gasteiger partial charge in [-0.05, 0) is 44.9 Å². The number of carbonyl (C=O) groups is 2. The van der Waals surface area contributed by atoms with Gasteiger partial charge in [-0.3, -0.25) is 4.79 Å². The third kappa shape index (κ3) is 7.32. The number of benzene rings is 1. The first kappa shape index (κ1) is 31.1. The number of carbonyl (C=O) groups excluding carboxylic acids is 2. The Balaban J connectivity index is 1.64. The number of anilines is 4. The lowest BCUT2D eigenvalue weighted by Crippen LogP contribution is -2.55. The summed E-state index contributed by atoms with van der Waals surface area (Å²) in [6.45, 7) is 3.54. The minimum absolute atomic E-state index is 0.117. The van der Waals surface area contributed by atoms with Crippen LogP contribution in [0.5, 0.6) is 0 Å². The van der Waals surface area contributed by atoms with E-state index in [1.165, 1.54) is 17.8 Å². The quantitative estimate of drug-likeness (QED) is 0.182. The van der Waals surface area contributed by atoms with Crippen LogP contribution in [0, 0.1) is 22.7 Å². The van der Waals surface area contributed by atoms with Crippen molar-refractivity contribution < 1.29 is 19.1 Å². The van der Waals surface area contributed by atoms with Crippen LogP contribution in [-0.2, 0) is 14.3 Å². The summed E-state index contributed by atoms with van der Waals surface area (Å²) < 4.78 is 11.9. The number of fused-ring (bicyclic) bond motifs is 1. The average Bonchev–Trinajstić information content (AvgIpc) is 3.42. The van der Waals surface area contributed by atoms with Crippen molar-refractivity contribution in [2.75, 3.05) is 48.8 Å². The molecule has 1 fully saturated rings. The van der Waals surface area contributed by atoms with E-state index in [0.29, 0.717) is 67.3 Å². The smallest absolute Gasteiger partial charge is 0.407 e. The number of ether oxygens (including phenoxy) is 2. The number of imidazole rings is 1. The number of rotatable bonds is 11. The fourth-order valence-electron chi connectivity index (χ4n) is 4.68. The van der Waals surface area contributed by atoms with Gasteiger partial charge in [0.25, 0.3) is 0 Å². The lowest BCUT2D eigenvalue weighted by molar-refractivity contribution is -0.150. The number of alkyl carbamates (subject to hydrolysis) is 1. The molecular formula is C27H32ClN11O4. The maximum atomic E-state index is 12.6. The summed E-state index contributed by atoms with van der Waals surface area (Å²) >= 11 is 6.89. The van der Waals surface area contributed by atoms with Gasteiger partial charge in [-0.1, -0.05) is 11.6 Å². The molecule has 0 spiro atoms. The standard InChI is InChI=1S/C27H32ClN11O4/c1-3-32-24-25-33-14-17(13-31)39(25)37-26(36-24)34-19-10-16(12-30)11-20(23(19)28)38-9-7-18(35-27(41)42-2)21(15-38)43-22(40)6-4-5-8-29/h10-11,14,18,21H,3-9,15,29H2,1-2H3,(H,35,41)(H2,32,34,36,37). The van der Waals surface area contributed by atoms with Crippen molar-refractivity contribution in [1.82, 2.24) is 24.9 Å². The predicted octanol–water partition coefficient (Wildman–Crippen LogP) is 2.67. The summed E-state index contributed by atoms with van der Waals surface area (Å²) in [4.78, 5) is 35.2. The van der Waals surface area contributed by atoms with Gasteiger partial charge in [-0.25, -0.2) is 9.78 Å². The van der Waals surface area contributed by atoms with Crippen molar-refractivity contribution in [3.63, 3.8) is 0 Å². The van der Waals surface area contributed by atoms with Crippen LogP contribution in [0.1, 0.15) is 43.9 Å². The zero-order valence-electron chi connectivity index (χ0n) is 23.8. The van der Waals surface area contributed by atoms with Crippen molar-refractivity contribution >= 4 is 52.5 Å². The fraction of sp³-hybridized carbons (Fsp3) is 0.444. The number of esters is 1. The van der Waals surface area contributed by atoms with Crippen LogP contribution in [0.15, 0.2) is 18.3 Å². The highest BCUT2D eigenvalue weighted by Gasteiger charge is 2.35. The molecule has 16 heteroatoms. The molecule has 0 bridgehead atoms. The van der Waals surface area contributed by atoms with Crippen molar-refractivity contribution in [2.24, 2.45) is 5.73 Å². The van der Waals surface area contributed by atoms with Crippen molar-refractivity contribution in [1.29, 1.82) is 10.5 Å². The van der Waals surface area contributed by atoms with Gasteiger partial charge in [0.05, 0.1) is 53.9 Å². The number of piperidine rings is 1. The van der Waals surface area contributed by atoms with E-state index >= 15 is 0 Å².